The van der Waals surface area contributed by atoms with Gasteiger partial charge >= 0.3 is 0 Å². The molecule has 0 spiro atoms. The Morgan fingerprint density at radius 1 is 1.62 bits per heavy atom. The molecule has 0 saturated carbocycles. The fourth-order valence-electron chi connectivity index (χ4n) is 1.81. The van der Waals surface area contributed by atoms with Crippen molar-refractivity contribution in [2.75, 3.05) is 27.2 Å². The van der Waals surface area contributed by atoms with E-state index < -0.39 is 0 Å². The summed E-state index contributed by atoms with van der Waals surface area (Å²) in [6, 6.07) is 2.20. The normalized spacial score (nSPS) is 21.3. The molecule has 0 radical (unpaired) electrons. The summed E-state index contributed by atoms with van der Waals surface area (Å²) in [6.07, 6.45) is 1.15. The molecule has 0 bridgehead atoms. The first-order valence-electron chi connectivity index (χ1n) is 4.62. The van der Waals surface area contributed by atoms with Gasteiger partial charge in [0.2, 0.25) is 0 Å². The number of hydrogen-bond donors (Lipinski definition) is 0. The van der Waals surface area contributed by atoms with Crippen LogP contribution in [0.5, 0.6) is 5.06 Å². The van der Waals surface area contributed by atoms with Crippen LogP contribution in [0, 0.1) is 0 Å². The Hall–Kier alpha value is -0.540. The van der Waals surface area contributed by atoms with E-state index in [4.69, 9.17) is 4.74 Å². The molecular weight excluding hydrogens is 182 g/mol. The van der Waals surface area contributed by atoms with Crippen LogP contribution in [0.3, 0.4) is 0 Å². The second kappa shape index (κ2) is 3.68. The third kappa shape index (κ3) is 1.86. The van der Waals surface area contributed by atoms with Gasteiger partial charge < -0.3 is 9.64 Å². The van der Waals surface area contributed by atoms with Crippen LogP contribution < -0.4 is 4.74 Å². The van der Waals surface area contributed by atoms with Gasteiger partial charge in [-0.1, -0.05) is 0 Å². The number of hydrogen-bond acceptors (Lipinski definition) is 3. The van der Waals surface area contributed by atoms with E-state index in [9.17, 15) is 0 Å². The van der Waals surface area contributed by atoms with Crippen molar-refractivity contribution in [3.8, 4) is 5.06 Å². The van der Waals surface area contributed by atoms with Crippen molar-refractivity contribution in [2.24, 2.45) is 0 Å². The van der Waals surface area contributed by atoms with Gasteiger partial charge in [-0.25, -0.2) is 0 Å². The van der Waals surface area contributed by atoms with Crippen LogP contribution in [0.15, 0.2) is 11.4 Å². The number of thiophene rings is 1. The summed E-state index contributed by atoms with van der Waals surface area (Å²) >= 11 is 1.72. The summed E-state index contributed by atoms with van der Waals surface area (Å²) in [4.78, 5) is 2.25. The highest BCUT2D eigenvalue weighted by Crippen LogP contribution is 2.37. The van der Waals surface area contributed by atoms with Gasteiger partial charge in [-0.05, 0) is 32.0 Å². The first-order valence-corrected chi connectivity index (χ1v) is 5.50. The van der Waals surface area contributed by atoms with Gasteiger partial charge in [0.05, 0.1) is 6.61 Å². The molecule has 0 aromatic carbocycles. The van der Waals surface area contributed by atoms with E-state index in [-0.39, 0.29) is 0 Å². The quantitative estimate of drug-likeness (QED) is 0.720. The lowest BCUT2D eigenvalue weighted by Gasteiger charge is -2.25. The SMILES string of the molecule is CN(C)CC1CCOc2sccc21. The lowest BCUT2D eigenvalue weighted by molar-refractivity contribution is 0.252. The maximum Gasteiger partial charge on any atom is 0.177 e. The minimum atomic E-state index is 0.671. The van der Waals surface area contributed by atoms with E-state index in [1.54, 1.807) is 11.3 Å². The molecule has 0 N–H and O–H groups in total. The van der Waals surface area contributed by atoms with Gasteiger partial charge in [0, 0.05) is 18.0 Å². The zero-order valence-corrected chi connectivity index (χ0v) is 8.93. The van der Waals surface area contributed by atoms with Gasteiger partial charge in [0.1, 0.15) is 0 Å². The molecule has 2 rings (SSSR count). The number of nitrogens with zero attached hydrogens (tertiary/aromatic N) is 1. The van der Waals surface area contributed by atoms with E-state index in [0.29, 0.717) is 5.92 Å². The molecule has 1 unspecified atom stereocenters. The van der Waals surface area contributed by atoms with Crippen molar-refractivity contribution in [3.05, 3.63) is 17.0 Å². The smallest absolute Gasteiger partial charge is 0.177 e. The summed E-state index contributed by atoms with van der Waals surface area (Å²) in [5.74, 6) is 0.671. The summed E-state index contributed by atoms with van der Waals surface area (Å²) in [7, 11) is 4.25. The molecule has 1 aromatic rings. The Kier molecular flexibility index (Phi) is 2.56. The highest BCUT2D eigenvalue weighted by atomic mass is 32.1. The summed E-state index contributed by atoms with van der Waals surface area (Å²) < 4.78 is 5.58. The van der Waals surface area contributed by atoms with Crippen molar-refractivity contribution in [1.82, 2.24) is 4.90 Å². The zero-order chi connectivity index (χ0) is 9.26. The molecule has 1 aliphatic heterocycles. The summed E-state index contributed by atoms with van der Waals surface area (Å²) in [5.41, 5.74) is 1.41. The molecule has 0 aliphatic carbocycles. The van der Waals surface area contributed by atoms with Crippen LogP contribution in [-0.2, 0) is 0 Å². The lowest BCUT2D eigenvalue weighted by atomic mass is 9.96. The van der Waals surface area contributed by atoms with Crippen molar-refractivity contribution in [3.63, 3.8) is 0 Å². The molecule has 3 heteroatoms. The van der Waals surface area contributed by atoms with Crippen LogP contribution in [-0.4, -0.2) is 32.1 Å². The highest BCUT2D eigenvalue weighted by Gasteiger charge is 2.22. The Morgan fingerprint density at radius 3 is 3.23 bits per heavy atom. The fraction of sp³-hybridized carbons (Fsp3) is 0.600. The molecule has 2 nitrogen and oxygen atoms in total. The van der Waals surface area contributed by atoms with Crippen LogP contribution >= 0.6 is 11.3 Å². The molecule has 0 saturated heterocycles. The van der Waals surface area contributed by atoms with Crippen molar-refractivity contribution < 1.29 is 4.74 Å². The molecule has 1 aliphatic rings. The fourth-order valence-corrected chi connectivity index (χ4v) is 2.67. The largest absolute Gasteiger partial charge is 0.484 e. The molecule has 1 atom stereocenters. The number of ether oxygens (including phenoxy) is 1. The molecule has 1 aromatic heterocycles. The zero-order valence-electron chi connectivity index (χ0n) is 8.12. The monoisotopic (exact) mass is 197 g/mol. The molecule has 13 heavy (non-hydrogen) atoms. The Balaban J connectivity index is 2.15. The van der Waals surface area contributed by atoms with Crippen molar-refractivity contribution >= 4 is 11.3 Å². The maximum absolute atomic E-state index is 5.58. The third-order valence-electron chi connectivity index (χ3n) is 2.38. The Labute approximate surface area is 83.1 Å². The summed E-state index contributed by atoms with van der Waals surface area (Å²) in [5, 5.41) is 3.26. The first kappa shape index (κ1) is 9.03. The predicted octanol–water partition coefficient (Wildman–Crippen LogP) is 2.18. The minimum Gasteiger partial charge on any atom is -0.484 e. The van der Waals surface area contributed by atoms with E-state index in [1.165, 1.54) is 5.56 Å². The van der Waals surface area contributed by atoms with Gasteiger partial charge in [-0.15, -0.1) is 11.3 Å². The van der Waals surface area contributed by atoms with Gasteiger partial charge in [-0.2, -0.15) is 0 Å². The van der Waals surface area contributed by atoms with Crippen molar-refractivity contribution in [1.29, 1.82) is 0 Å². The average molecular weight is 197 g/mol. The Bertz CT molecular complexity index is 282. The summed E-state index contributed by atoms with van der Waals surface area (Å²) in [6.45, 7) is 2.01. The van der Waals surface area contributed by atoms with Crippen LogP contribution in [0.1, 0.15) is 17.9 Å². The number of rotatable bonds is 2. The van der Waals surface area contributed by atoms with E-state index in [2.05, 4.69) is 30.4 Å². The lowest BCUT2D eigenvalue weighted by Crippen LogP contribution is -2.24. The van der Waals surface area contributed by atoms with E-state index >= 15 is 0 Å². The maximum atomic E-state index is 5.58. The number of likely N-dealkylation sites (N-methyl/N-ethyl adjacent to an activating group) is 1. The first-order chi connectivity index (χ1) is 6.27. The predicted molar refractivity (Wildman–Crippen MR) is 55.7 cm³/mol. The second-order valence-corrected chi connectivity index (χ2v) is 4.64. The second-order valence-electron chi connectivity index (χ2n) is 3.76. The molecule has 0 amide bonds. The van der Waals surface area contributed by atoms with E-state index in [0.717, 1.165) is 24.6 Å². The van der Waals surface area contributed by atoms with Crippen molar-refractivity contribution in [2.45, 2.75) is 12.3 Å². The molecule has 72 valence electrons. The Morgan fingerprint density at radius 2 is 2.46 bits per heavy atom. The minimum absolute atomic E-state index is 0.671. The molecular formula is C10H15NOS. The van der Waals surface area contributed by atoms with Crippen LogP contribution in [0.2, 0.25) is 0 Å². The van der Waals surface area contributed by atoms with Crippen LogP contribution in [0.25, 0.3) is 0 Å². The topological polar surface area (TPSA) is 12.5 Å². The number of fused-ring (bicyclic) bond motifs is 1. The highest BCUT2D eigenvalue weighted by molar-refractivity contribution is 7.12. The van der Waals surface area contributed by atoms with Gasteiger partial charge in [0.15, 0.2) is 5.06 Å². The standard InChI is InChI=1S/C10H15NOS/c1-11(2)7-8-3-5-12-10-9(8)4-6-13-10/h4,6,8H,3,5,7H2,1-2H3. The van der Waals surface area contributed by atoms with E-state index in [1.807, 2.05) is 0 Å². The molecule has 2 heterocycles. The third-order valence-corrected chi connectivity index (χ3v) is 3.22. The molecule has 0 fully saturated rings. The van der Waals surface area contributed by atoms with Gasteiger partial charge in [0.25, 0.3) is 0 Å². The van der Waals surface area contributed by atoms with Crippen LogP contribution in [0.4, 0.5) is 0 Å². The average Bonchev–Trinajstić information content (AvgIpc) is 2.51. The van der Waals surface area contributed by atoms with Gasteiger partial charge in [-0.3, -0.25) is 0 Å².